The minimum atomic E-state index is 0.567. The molecule has 1 N–H and O–H groups in total. The van der Waals surface area contributed by atoms with Crippen molar-refractivity contribution in [2.24, 2.45) is 5.92 Å². The number of dihydropyridines is 1. The van der Waals surface area contributed by atoms with Crippen molar-refractivity contribution in [1.82, 2.24) is 15.3 Å². The summed E-state index contributed by atoms with van der Waals surface area (Å²) in [6, 6.07) is 8.38. The van der Waals surface area contributed by atoms with Crippen LogP contribution in [0.25, 0.3) is 22.4 Å². The Hall–Kier alpha value is -2.94. The van der Waals surface area contributed by atoms with E-state index in [4.69, 9.17) is 4.98 Å². The quantitative estimate of drug-likeness (QED) is 0.893. The molecule has 3 nitrogen and oxygen atoms in total. The molecule has 1 atom stereocenters. The van der Waals surface area contributed by atoms with Crippen LogP contribution in [0.5, 0.6) is 0 Å². The van der Waals surface area contributed by atoms with E-state index in [1.54, 1.807) is 6.20 Å². The van der Waals surface area contributed by atoms with Gasteiger partial charge in [-0.25, -0.2) is 4.98 Å². The van der Waals surface area contributed by atoms with Crippen molar-refractivity contribution < 1.29 is 0 Å². The smallest absolute Gasteiger partial charge is 0.0731 e. The number of nitrogens with zero attached hydrogens (tertiary/aromatic N) is 2. The van der Waals surface area contributed by atoms with Gasteiger partial charge in [-0.1, -0.05) is 31.2 Å². The molecule has 0 saturated carbocycles. The molecular weight excluding hydrogens is 306 g/mol. The largest absolute Gasteiger partial charge is 0.387 e. The van der Waals surface area contributed by atoms with E-state index in [1.165, 1.54) is 16.7 Å². The van der Waals surface area contributed by atoms with Gasteiger partial charge < -0.3 is 5.32 Å². The first kappa shape index (κ1) is 15.6. The Morgan fingerprint density at radius 3 is 2.84 bits per heavy atom. The molecule has 1 unspecified atom stereocenters. The molecule has 0 aromatic carbocycles. The Bertz CT molecular complexity index is 889. The molecule has 2 aliphatic rings. The van der Waals surface area contributed by atoms with Crippen molar-refractivity contribution in [3.63, 3.8) is 0 Å². The number of pyridine rings is 2. The number of hydrogen-bond acceptors (Lipinski definition) is 3. The first-order valence-corrected chi connectivity index (χ1v) is 8.70. The summed E-state index contributed by atoms with van der Waals surface area (Å²) in [5, 5.41) is 3.27. The second-order valence-electron chi connectivity index (χ2n) is 6.54. The van der Waals surface area contributed by atoms with E-state index >= 15 is 0 Å². The highest BCUT2D eigenvalue weighted by Crippen LogP contribution is 2.29. The highest BCUT2D eigenvalue weighted by Gasteiger charge is 2.13. The van der Waals surface area contributed by atoms with Crippen LogP contribution in [0.1, 0.15) is 24.6 Å². The molecule has 124 valence electrons. The van der Waals surface area contributed by atoms with Gasteiger partial charge in [0.1, 0.15) is 0 Å². The van der Waals surface area contributed by atoms with Crippen LogP contribution in [0.15, 0.2) is 73.2 Å². The van der Waals surface area contributed by atoms with Crippen molar-refractivity contribution in [1.29, 1.82) is 0 Å². The number of allylic oxidation sites excluding steroid dienone is 6. The predicted molar refractivity (Wildman–Crippen MR) is 103 cm³/mol. The molecule has 25 heavy (non-hydrogen) atoms. The van der Waals surface area contributed by atoms with Crippen molar-refractivity contribution in [3.05, 3.63) is 84.5 Å². The van der Waals surface area contributed by atoms with Gasteiger partial charge in [-0.2, -0.15) is 0 Å². The summed E-state index contributed by atoms with van der Waals surface area (Å²) in [7, 11) is 0. The second-order valence-corrected chi connectivity index (χ2v) is 6.54. The average molecular weight is 327 g/mol. The molecule has 3 heterocycles. The van der Waals surface area contributed by atoms with Crippen LogP contribution in [0.3, 0.4) is 0 Å². The van der Waals surface area contributed by atoms with E-state index in [0.29, 0.717) is 5.92 Å². The van der Waals surface area contributed by atoms with E-state index in [2.05, 4.69) is 59.7 Å². The van der Waals surface area contributed by atoms with Crippen LogP contribution >= 0.6 is 0 Å². The van der Waals surface area contributed by atoms with Crippen molar-refractivity contribution in [3.8, 4) is 11.3 Å². The summed E-state index contributed by atoms with van der Waals surface area (Å²) < 4.78 is 0. The summed E-state index contributed by atoms with van der Waals surface area (Å²) >= 11 is 0. The van der Waals surface area contributed by atoms with Crippen LogP contribution < -0.4 is 5.32 Å². The highest BCUT2D eigenvalue weighted by molar-refractivity contribution is 5.80. The first-order chi connectivity index (χ1) is 12.3. The topological polar surface area (TPSA) is 37.8 Å². The van der Waals surface area contributed by atoms with Crippen molar-refractivity contribution in [2.75, 3.05) is 6.54 Å². The third-order valence-electron chi connectivity index (χ3n) is 4.52. The number of aromatic nitrogens is 2. The maximum absolute atomic E-state index is 4.91. The number of hydrogen-bond donors (Lipinski definition) is 1. The zero-order valence-corrected chi connectivity index (χ0v) is 14.3. The van der Waals surface area contributed by atoms with E-state index in [1.807, 2.05) is 24.5 Å². The molecule has 0 radical (unpaired) electrons. The summed E-state index contributed by atoms with van der Waals surface area (Å²) in [5.41, 5.74) is 6.70. The lowest BCUT2D eigenvalue weighted by Gasteiger charge is -2.17. The molecule has 0 amide bonds. The molecule has 1 aliphatic carbocycles. The molecule has 0 fully saturated rings. The van der Waals surface area contributed by atoms with E-state index in [0.717, 1.165) is 29.9 Å². The molecule has 0 saturated heterocycles. The lowest BCUT2D eigenvalue weighted by atomic mass is 9.92. The Morgan fingerprint density at radius 2 is 2.08 bits per heavy atom. The molecule has 0 spiro atoms. The maximum atomic E-state index is 4.91. The Balaban J connectivity index is 1.85. The van der Waals surface area contributed by atoms with Gasteiger partial charge >= 0.3 is 0 Å². The molecule has 2 aromatic heterocycles. The van der Waals surface area contributed by atoms with Gasteiger partial charge in [0.15, 0.2) is 0 Å². The van der Waals surface area contributed by atoms with E-state index in [9.17, 15) is 0 Å². The minimum Gasteiger partial charge on any atom is -0.387 e. The SMILES string of the molecule is CC1C=C(c2cc(C3=CC=CNC3)nc(-c3cccnc3)c2)C=CC1. The van der Waals surface area contributed by atoms with Crippen LogP contribution in [-0.4, -0.2) is 16.5 Å². The maximum Gasteiger partial charge on any atom is 0.0731 e. The van der Waals surface area contributed by atoms with E-state index in [-0.39, 0.29) is 0 Å². The number of rotatable bonds is 3. The monoisotopic (exact) mass is 327 g/mol. The summed E-state index contributed by atoms with van der Waals surface area (Å²) in [6.45, 7) is 3.05. The first-order valence-electron chi connectivity index (χ1n) is 8.70. The Morgan fingerprint density at radius 1 is 1.16 bits per heavy atom. The normalized spacial score (nSPS) is 19.2. The fraction of sp³-hybridized carbons (Fsp3) is 0.182. The van der Waals surface area contributed by atoms with Crippen molar-refractivity contribution in [2.45, 2.75) is 13.3 Å². The van der Waals surface area contributed by atoms with Crippen LogP contribution in [0.4, 0.5) is 0 Å². The second kappa shape index (κ2) is 6.89. The predicted octanol–water partition coefficient (Wildman–Crippen LogP) is 4.62. The molecule has 2 aromatic rings. The van der Waals surface area contributed by atoms with Crippen molar-refractivity contribution >= 4 is 11.1 Å². The molecule has 4 rings (SSSR count). The third kappa shape index (κ3) is 3.45. The third-order valence-corrected chi connectivity index (χ3v) is 4.52. The zero-order chi connectivity index (χ0) is 17.1. The fourth-order valence-corrected chi connectivity index (χ4v) is 3.19. The van der Waals surface area contributed by atoms with Gasteiger partial charge in [0.25, 0.3) is 0 Å². The standard InChI is InChI=1S/C22H21N3/c1-16-5-2-6-17(11-16)20-12-21(18-7-3-9-23-14-18)25-22(13-20)19-8-4-10-24-15-19/h2-4,6-14,16,24H,5,15H2,1H3. The van der Waals surface area contributed by atoms with Gasteiger partial charge in [0.05, 0.1) is 11.4 Å². The molecular formula is C22H21N3. The lowest BCUT2D eigenvalue weighted by Crippen LogP contribution is -2.13. The Kier molecular flexibility index (Phi) is 4.30. The zero-order valence-electron chi connectivity index (χ0n) is 14.3. The minimum absolute atomic E-state index is 0.567. The van der Waals surface area contributed by atoms with Gasteiger partial charge in [-0.3, -0.25) is 4.98 Å². The van der Waals surface area contributed by atoms with Crippen LogP contribution in [0, 0.1) is 5.92 Å². The molecule has 1 aliphatic heterocycles. The summed E-state index contributed by atoms with van der Waals surface area (Å²) in [5.74, 6) is 0.567. The molecule has 0 bridgehead atoms. The van der Waals surface area contributed by atoms with Gasteiger partial charge in [0.2, 0.25) is 0 Å². The average Bonchev–Trinajstić information content (AvgIpc) is 2.69. The number of nitrogens with one attached hydrogen (secondary N) is 1. The van der Waals surface area contributed by atoms with Crippen LogP contribution in [0.2, 0.25) is 0 Å². The summed E-state index contributed by atoms with van der Waals surface area (Å²) in [4.78, 5) is 9.16. The van der Waals surface area contributed by atoms with Crippen LogP contribution in [-0.2, 0) is 0 Å². The fourth-order valence-electron chi connectivity index (χ4n) is 3.19. The van der Waals surface area contributed by atoms with Gasteiger partial charge in [0, 0.05) is 24.5 Å². The van der Waals surface area contributed by atoms with Gasteiger partial charge in [-0.15, -0.1) is 0 Å². The lowest BCUT2D eigenvalue weighted by molar-refractivity contribution is 0.740. The van der Waals surface area contributed by atoms with E-state index < -0.39 is 0 Å². The summed E-state index contributed by atoms with van der Waals surface area (Å²) in [6.07, 6.45) is 17.7. The molecule has 3 heteroatoms. The highest BCUT2D eigenvalue weighted by atomic mass is 14.8. The van der Waals surface area contributed by atoms with Gasteiger partial charge in [-0.05, 0) is 65.6 Å². The Labute approximate surface area is 148 Å².